The number of para-hydroxylation sites is 2. The van der Waals surface area contributed by atoms with Crippen LogP contribution < -0.4 is 9.47 Å². The first kappa shape index (κ1) is 30.1. The van der Waals surface area contributed by atoms with Crippen molar-refractivity contribution >= 4 is 0 Å². The molecule has 1 N–H and O–H groups in total. The van der Waals surface area contributed by atoms with Gasteiger partial charge in [0, 0.05) is 49.4 Å². The number of rotatable bonds is 8. The number of nitrogens with zero attached hydrogens (tertiary/aromatic N) is 2. The van der Waals surface area contributed by atoms with Crippen LogP contribution in [0.25, 0.3) is 0 Å². The number of alkyl halides is 6. The van der Waals surface area contributed by atoms with Crippen molar-refractivity contribution in [3.05, 3.63) is 95.1 Å². The quantitative estimate of drug-likeness (QED) is 0.342. The third kappa shape index (κ3) is 6.98. The molecule has 13 heteroatoms. The average molecular weight is 599 g/mol. The monoisotopic (exact) mass is 598 g/mol. The molecule has 0 unspecified atom stereocenters. The predicted molar refractivity (Wildman–Crippen MR) is 137 cm³/mol. The highest BCUT2D eigenvalue weighted by molar-refractivity contribution is 5.49. The Hall–Kier alpha value is -3.36. The zero-order chi connectivity index (χ0) is 30.0. The summed E-state index contributed by atoms with van der Waals surface area (Å²) in [4.78, 5) is 3.50. The highest BCUT2D eigenvalue weighted by atomic mass is 19.4. The van der Waals surface area contributed by atoms with Crippen LogP contribution in [0.2, 0.25) is 0 Å². The number of ether oxygens (including phenoxy) is 4. The van der Waals surface area contributed by atoms with Gasteiger partial charge in [0.05, 0.1) is 13.2 Å². The normalized spacial score (nSPS) is 17.9. The van der Waals surface area contributed by atoms with E-state index >= 15 is 0 Å². The fourth-order valence-corrected chi connectivity index (χ4v) is 5.24. The number of aliphatic hydroxyl groups is 1. The summed E-state index contributed by atoms with van der Waals surface area (Å²) in [6, 6.07) is 17.4. The van der Waals surface area contributed by atoms with Gasteiger partial charge in [-0.05, 0) is 17.7 Å². The fraction of sp³-hybridized carbons (Fsp3) is 0.379. The Balaban J connectivity index is 1.42. The van der Waals surface area contributed by atoms with Crippen LogP contribution in [0.5, 0.6) is 11.5 Å². The molecule has 7 nitrogen and oxygen atoms in total. The van der Waals surface area contributed by atoms with E-state index in [2.05, 4.69) is 14.4 Å². The van der Waals surface area contributed by atoms with Gasteiger partial charge in [-0.3, -0.25) is 9.80 Å². The van der Waals surface area contributed by atoms with Gasteiger partial charge in [0.1, 0.15) is 11.5 Å². The Morgan fingerprint density at radius 1 is 0.690 bits per heavy atom. The topological polar surface area (TPSA) is 63.6 Å². The van der Waals surface area contributed by atoms with Crippen LogP contribution in [-0.4, -0.2) is 67.0 Å². The molecule has 0 spiro atoms. The Labute approximate surface area is 237 Å². The highest BCUT2D eigenvalue weighted by Gasteiger charge is 2.46. The van der Waals surface area contributed by atoms with E-state index in [-0.39, 0.29) is 24.2 Å². The largest absolute Gasteiger partial charge is 0.573 e. The van der Waals surface area contributed by atoms with Gasteiger partial charge in [-0.2, -0.15) is 0 Å². The van der Waals surface area contributed by atoms with Crippen molar-refractivity contribution in [1.29, 1.82) is 0 Å². The van der Waals surface area contributed by atoms with Crippen LogP contribution in [0.15, 0.2) is 72.8 Å². The molecule has 2 fully saturated rings. The molecule has 42 heavy (non-hydrogen) atoms. The molecule has 2 saturated heterocycles. The smallest absolute Gasteiger partial charge is 0.405 e. The van der Waals surface area contributed by atoms with E-state index in [0.29, 0.717) is 32.8 Å². The number of halogens is 6. The Morgan fingerprint density at radius 3 is 1.64 bits per heavy atom. The van der Waals surface area contributed by atoms with Crippen molar-refractivity contribution in [3.63, 3.8) is 0 Å². The summed E-state index contributed by atoms with van der Waals surface area (Å²) >= 11 is 0. The van der Waals surface area contributed by atoms with E-state index in [4.69, 9.17) is 9.47 Å². The molecule has 2 aliphatic heterocycles. The molecule has 0 saturated carbocycles. The van der Waals surface area contributed by atoms with Crippen LogP contribution in [0.4, 0.5) is 26.3 Å². The molecule has 0 radical (unpaired) electrons. The molecule has 0 aromatic heterocycles. The lowest BCUT2D eigenvalue weighted by atomic mass is 9.90. The zero-order valence-electron chi connectivity index (χ0n) is 22.2. The summed E-state index contributed by atoms with van der Waals surface area (Å²) in [5.41, 5.74) is -1.32. The van der Waals surface area contributed by atoms with Crippen molar-refractivity contribution in [2.75, 3.05) is 39.4 Å². The maximum atomic E-state index is 13.3. The average Bonchev–Trinajstić information content (AvgIpc) is 3.48. The maximum absolute atomic E-state index is 13.3. The van der Waals surface area contributed by atoms with Gasteiger partial charge in [0.2, 0.25) is 0 Å². The second-order valence-corrected chi connectivity index (χ2v) is 9.84. The standard InChI is InChI=1S/C29H28F6N2O5/c30-28(31,32)41-24-7-3-1-5-22(24)27(38,23-6-2-4-8-25(23)42-29(33,34)35)37-15-13-36(14-16-37)19-20-9-11-21(12-10-20)26-39-17-18-40-26/h1-12,26,38H,13-19H2. The molecule has 2 aliphatic rings. The van der Waals surface area contributed by atoms with Crippen LogP contribution in [-0.2, 0) is 21.7 Å². The first-order valence-electron chi connectivity index (χ1n) is 13.1. The minimum atomic E-state index is -5.11. The van der Waals surface area contributed by atoms with E-state index in [9.17, 15) is 31.4 Å². The third-order valence-corrected chi connectivity index (χ3v) is 7.09. The lowest BCUT2D eigenvalue weighted by Crippen LogP contribution is -2.56. The first-order valence-corrected chi connectivity index (χ1v) is 13.1. The van der Waals surface area contributed by atoms with E-state index in [1.54, 1.807) is 0 Å². The van der Waals surface area contributed by atoms with E-state index in [1.807, 2.05) is 24.3 Å². The van der Waals surface area contributed by atoms with Gasteiger partial charge in [0.25, 0.3) is 0 Å². The molecule has 226 valence electrons. The maximum Gasteiger partial charge on any atom is 0.573 e. The van der Waals surface area contributed by atoms with Crippen molar-refractivity contribution < 1.29 is 50.4 Å². The van der Waals surface area contributed by atoms with Crippen molar-refractivity contribution in [1.82, 2.24) is 9.80 Å². The van der Waals surface area contributed by atoms with Crippen LogP contribution in [0.3, 0.4) is 0 Å². The van der Waals surface area contributed by atoms with Gasteiger partial charge >= 0.3 is 12.7 Å². The Morgan fingerprint density at radius 2 is 1.17 bits per heavy atom. The van der Waals surface area contributed by atoms with Crippen molar-refractivity contribution in [3.8, 4) is 11.5 Å². The fourth-order valence-electron chi connectivity index (χ4n) is 5.24. The van der Waals surface area contributed by atoms with Crippen LogP contribution in [0, 0.1) is 0 Å². The van der Waals surface area contributed by atoms with Crippen molar-refractivity contribution in [2.24, 2.45) is 0 Å². The molecule has 5 rings (SSSR count). The molecular weight excluding hydrogens is 570 g/mol. The Kier molecular flexibility index (Phi) is 8.67. The first-order chi connectivity index (χ1) is 19.9. The summed E-state index contributed by atoms with van der Waals surface area (Å²) in [6.07, 6.45) is -10.6. The molecule has 0 atom stereocenters. The summed E-state index contributed by atoms with van der Waals surface area (Å²) in [7, 11) is 0. The van der Waals surface area contributed by atoms with E-state index < -0.39 is 36.2 Å². The second-order valence-electron chi connectivity index (χ2n) is 9.84. The van der Waals surface area contributed by atoms with Gasteiger partial charge in [-0.15, -0.1) is 26.3 Å². The molecule has 0 aliphatic carbocycles. The van der Waals surface area contributed by atoms with E-state index in [1.165, 1.54) is 41.3 Å². The molecular formula is C29H28F6N2O5. The predicted octanol–water partition coefficient (Wildman–Crippen LogP) is 5.54. The number of piperazine rings is 1. The molecule has 3 aromatic rings. The lowest BCUT2D eigenvalue weighted by Gasteiger charge is -2.45. The summed E-state index contributed by atoms with van der Waals surface area (Å²) in [6.45, 7) is 2.55. The lowest BCUT2D eigenvalue weighted by molar-refractivity contribution is -0.276. The minimum absolute atomic E-state index is 0.110. The van der Waals surface area contributed by atoms with Crippen LogP contribution in [0.1, 0.15) is 28.5 Å². The van der Waals surface area contributed by atoms with Gasteiger partial charge in [-0.25, -0.2) is 0 Å². The second kappa shape index (κ2) is 12.1. The third-order valence-electron chi connectivity index (χ3n) is 7.09. The number of hydrogen-bond acceptors (Lipinski definition) is 7. The molecule has 0 bridgehead atoms. The minimum Gasteiger partial charge on any atom is -0.405 e. The number of benzene rings is 3. The molecule has 2 heterocycles. The zero-order valence-corrected chi connectivity index (χ0v) is 22.2. The molecule has 0 amide bonds. The summed E-state index contributed by atoms with van der Waals surface area (Å²) in [5, 5.41) is 12.2. The van der Waals surface area contributed by atoms with Gasteiger partial charge < -0.3 is 24.1 Å². The van der Waals surface area contributed by atoms with E-state index in [0.717, 1.165) is 23.3 Å². The van der Waals surface area contributed by atoms with Gasteiger partial charge in [-0.1, -0.05) is 60.7 Å². The number of hydrogen-bond donors (Lipinski definition) is 1. The van der Waals surface area contributed by atoms with Crippen LogP contribution >= 0.6 is 0 Å². The SMILES string of the molecule is OC(c1ccccc1OC(F)(F)F)(c1ccccc1OC(F)(F)F)N1CCN(Cc2ccc(C3OCCO3)cc2)CC1. The van der Waals surface area contributed by atoms with Crippen molar-refractivity contribution in [2.45, 2.75) is 31.3 Å². The molecule has 3 aromatic carbocycles. The summed E-state index contributed by atoms with van der Waals surface area (Å²) < 4.78 is 99.3. The highest BCUT2D eigenvalue weighted by Crippen LogP contribution is 2.45. The summed E-state index contributed by atoms with van der Waals surface area (Å²) in [5.74, 6) is -1.49. The Bertz CT molecular complexity index is 1280. The van der Waals surface area contributed by atoms with Gasteiger partial charge in [0.15, 0.2) is 12.0 Å².